The van der Waals surface area contributed by atoms with Gasteiger partial charge in [0.1, 0.15) is 0 Å². The molecule has 0 spiro atoms. The molecular weight excluding hydrogens is 318 g/mol. The molecule has 0 aliphatic heterocycles. The average Bonchev–Trinajstić information content (AvgIpc) is 2.29. The Balaban J connectivity index is 2.62. The van der Waals surface area contributed by atoms with Crippen molar-refractivity contribution < 1.29 is 13.2 Å². The Morgan fingerprint density at radius 2 is 1.89 bits per heavy atom. The zero-order valence-electron chi connectivity index (χ0n) is 10.3. The van der Waals surface area contributed by atoms with Gasteiger partial charge in [-0.1, -0.05) is 22.9 Å². The first-order chi connectivity index (χ1) is 8.34. The third-order valence-corrected chi connectivity index (χ3v) is 4.84. The topological polar surface area (TPSA) is 63.2 Å². The van der Waals surface area contributed by atoms with Crippen LogP contribution in [0.15, 0.2) is 28.7 Å². The van der Waals surface area contributed by atoms with Crippen LogP contribution >= 0.6 is 15.9 Å². The number of hydrogen-bond acceptors (Lipinski definition) is 3. The normalized spacial score (nSPS) is 13.1. The van der Waals surface area contributed by atoms with Crippen LogP contribution in [-0.2, 0) is 9.84 Å². The van der Waals surface area contributed by atoms with Crippen molar-refractivity contribution in [1.82, 2.24) is 5.32 Å². The van der Waals surface area contributed by atoms with E-state index in [1.54, 1.807) is 38.1 Å². The first-order valence-corrected chi connectivity index (χ1v) is 8.22. The minimum Gasteiger partial charge on any atom is -0.349 e. The zero-order valence-corrected chi connectivity index (χ0v) is 12.7. The van der Waals surface area contributed by atoms with Gasteiger partial charge in [0.2, 0.25) is 0 Å². The van der Waals surface area contributed by atoms with Crippen LogP contribution in [0.5, 0.6) is 0 Å². The predicted octanol–water partition coefficient (Wildman–Crippen LogP) is 2.00. The van der Waals surface area contributed by atoms with Crippen LogP contribution in [0.4, 0.5) is 0 Å². The summed E-state index contributed by atoms with van der Waals surface area (Å²) in [5.74, 6) is -0.210. The maximum absolute atomic E-state index is 11.8. The van der Waals surface area contributed by atoms with Crippen molar-refractivity contribution >= 4 is 31.7 Å². The molecule has 1 aromatic carbocycles. The van der Waals surface area contributed by atoms with Crippen molar-refractivity contribution in [2.45, 2.75) is 19.9 Å². The van der Waals surface area contributed by atoms with Crippen LogP contribution in [-0.4, -0.2) is 31.9 Å². The van der Waals surface area contributed by atoms with E-state index in [0.717, 1.165) is 4.47 Å². The van der Waals surface area contributed by atoms with E-state index in [0.29, 0.717) is 5.56 Å². The third-order valence-electron chi connectivity index (χ3n) is 2.43. The van der Waals surface area contributed by atoms with E-state index in [9.17, 15) is 13.2 Å². The molecule has 1 N–H and O–H groups in total. The number of halogens is 1. The minimum atomic E-state index is -3.08. The van der Waals surface area contributed by atoms with Gasteiger partial charge in [-0.3, -0.25) is 4.79 Å². The highest BCUT2D eigenvalue weighted by molar-refractivity contribution is 9.10. The molecule has 0 aliphatic rings. The molecule has 0 radical (unpaired) electrons. The second kappa shape index (κ2) is 6.33. The number of benzene rings is 1. The molecule has 4 nitrogen and oxygen atoms in total. The second-order valence-corrected chi connectivity index (χ2v) is 7.39. The molecule has 1 amide bonds. The van der Waals surface area contributed by atoms with E-state index in [4.69, 9.17) is 0 Å². The van der Waals surface area contributed by atoms with Gasteiger partial charge in [0.05, 0.1) is 5.75 Å². The maximum atomic E-state index is 11.8. The predicted molar refractivity (Wildman–Crippen MR) is 75.4 cm³/mol. The number of nitrogens with one attached hydrogen (secondary N) is 1. The standard InChI is InChI=1S/C12H16BrNO3S/c1-3-18(16,17)8-9(2)14-12(15)10-4-6-11(13)7-5-10/h4-7,9H,3,8H2,1-2H3,(H,14,15). The number of rotatable bonds is 5. The Labute approximate surface area is 116 Å². The van der Waals surface area contributed by atoms with Gasteiger partial charge in [0, 0.05) is 21.8 Å². The van der Waals surface area contributed by atoms with Gasteiger partial charge in [-0.15, -0.1) is 0 Å². The van der Waals surface area contributed by atoms with Crippen molar-refractivity contribution in [3.63, 3.8) is 0 Å². The van der Waals surface area contributed by atoms with Gasteiger partial charge in [-0.25, -0.2) is 8.42 Å². The highest BCUT2D eigenvalue weighted by Gasteiger charge is 2.16. The summed E-state index contributed by atoms with van der Waals surface area (Å²) in [5, 5.41) is 2.67. The lowest BCUT2D eigenvalue weighted by Crippen LogP contribution is -2.37. The van der Waals surface area contributed by atoms with Gasteiger partial charge < -0.3 is 5.32 Å². The van der Waals surface area contributed by atoms with E-state index in [-0.39, 0.29) is 17.4 Å². The Hall–Kier alpha value is -0.880. The fraction of sp³-hybridized carbons (Fsp3) is 0.417. The smallest absolute Gasteiger partial charge is 0.251 e. The summed E-state index contributed by atoms with van der Waals surface area (Å²) in [6, 6.07) is 6.50. The van der Waals surface area contributed by atoms with Crippen LogP contribution in [0.3, 0.4) is 0 Å². The van der Waals surface area contributed by atoms with Crippen molar-refractivity contribution in [1.29, 1.82) is 0 Å². The number of carbonyl (C=O) groups is 1. The van der Waals surface area contributed by atoms with E-state index in [1.807, 2.05) is 0 Å². The number of sulfone groups is 1. The molecule has 0 bridgehead atoms. The van der Waals surface area contributed by atoms with E-state index in [1.165, 1.54) is 0 Å². The number of amides is 1. The van der Waals surface area contributed by atoms with Crippen LogP contribution in [0.2, 0.25) is 0 Å². The summed E-state index contributed by atoms with van der Waals surface area (Å²) in [7, 11) is -3.08. The Morgan fingerprint density at radius 3 is 2.39 bits per heavy atom. The lowest BCUT2D eigenvalue weighted by Gasteiger charge is -2.13. The zero-order chi connectivity index (χ0) is 13.8. The fourth-order valence-electron chi connectivity index (χ4n) is 1.45. The van der Waals surface area contributed by atoms with Gasteiger partial charge in [-0.2, -0.15) is 0 Å². The molecule has 0 aliphatic carbocycles. The van der Waals surface area contributed by atoms with E-state index < -0.39 is 15.9 Å². The molecule has 18 heavy (non-hydrogen) atoms. The summed E-state index contributed by atoms with van der Waals surface area (Å²) in [4.78, 5) is 11.8. The van der Waals surface area contributed by atoms with Crippen molar-refractivity contribution in [2.24, 2.45) is 0 Å². The Kier molecular flexibility index (Phi) is 5.34. The Morgan fingerprint density at radius 1 is 1.33 bits per heavy atom. The molecule has 1 atom stereocenters. The highest BCUT2D eigenvalue weighted by Crippen LogP contribution is 2.10. The Bertz CT molecular complexity index is 511. The minimum absolute atomic E-state index is 0.0359. The molecule has 100 valence electrons. The van der Waals surface area contributed by atoms with E-state index in [2.05, 4.69) is 21.2 Å². The molecule has 1 unspecified atom stereocenters. The monoisotopic (exact) mass is 333 g/mol. The molecule has 1 aromatic rings. The number of hydrogen-bond donors (Lipinski definition) is 1. The molecule has 0 fully saturated rings. The summed E-state index contributed by atoms with van der Waals surface area (Å²) in [6.07, 6.45) is 0. The van der Waals surface area contributed by atoms with Crippen molar-refractivity contribution in [3.8, 4) is 0 Å². The molecule has 0 aromatic heterocycles. The molecular formula is C12H16BrNO3S. The van der Waals surface area contributed by atoms with Gasteiger partial charge >= 0.3 is 0 Å². The molecule has 1 rings (SSSR count). The van der Waals surface area contributed by atoms with Crippen molar-refractivity contribution in [3.05, 3.63) is 34.3 Å². The number of carbonyl (C=O) groups excluding carboxylic acids is 1. The molecule has 0 heterocycles. The van der Waals surface area contributed by atoms with Gasteiger partial charge in [0.15, 0.2) is 9.84 Å². The molecule has 0 saturated heterocycles. The first kappa shape index (κ1) is 15.2. The van der Waals surface area contributed by atoms with Crippen molar-refractivity contribution in [2.75, 3.05) is 11.5 Å². The van der Waals surface area contributed by atoms with Crippen LogP contribution in [0.1, 0.15) is 24.2 Å². The first-order valence-electron chi connectivity index (χ1n) is 5.61. The van der Waals surface area contributed by atoms with E-state index >= 15 is 0 Å². The largest absolute Gasteiger partial charge is 0.349 e. The average molecular weight is 334 g/mol. The fourth-order valence-corrected chi connectivity index (χ4v) is 2.79. The lowest BCUT2D eigenvalue weighted by molar-refractivity contribution is 0.0943. The summed E-state index contributed by atoms with van der Waals surface area (Å²) < 4.78 is 23.7. The molecule has 0 saturated carbocycles. The summed E-state index contributed by atoms with van der Waals surface area (Å²) >= 11 is 3.28. The third kappa shape index (κ3) is 4.78. The van der Waals surface area contributed by atoms with Crippen LogP contribution < -0.4 is 5.32 Å². The van der Waals surface area contributed by atoms with Gasteiger partial charge in [0.25, 0.3) is 5.91 Å². The lowest BCUT2D eigenvalue weighted by atomic mass is 10.2. The van der Waals surface area contributed by atoms with Crippen LogP contribution in [0, 0.1) is 0 Å². The SMILES string of the molecule is CCS(=O)(=O)CC(C)NC(=O)c1ccc(Br)cc1. The molecule has 6 heteroatoms. The van der Waals surface area contributed by atoms with Gasteiger partial charge in [-0.05, 0) is 31.2 Å². The quantitative estimate of drug-likeness (QED) is 0.896. The second-order valence-electron chi connectivity index (χ2n) is 4.08. The highest BCUT2D eigenvalue weighted by atomic mass is 79.9. The summed E-state index contributed by atoms with van der Waals surface area (Å²) in [6.45, 7) is 3.28. The summed E-state index contributed by atoms with van der Waals surface area (Å²) in [5.41, 5.74) is 0.513. The van der Waals surface area contributed by atoms with Crippen LogP contribution in [0.25, 0.3) is 0 Å². The maximum Gasteiger partial charge on any atom is 0.251 e.